The van der Waals surface area contributed by atoms with Gasteiger partial charge in [0.25, 0.3) is 0 Å². The first-order valence-corrected chi connectivity index (χ1v) is 8.79. The van der Waals surface area contributed by atoms with Crippen molar-refractivity contribution in [2.24, 2.45) is 0 Å². The molecule has 0 aromatic heterocycles. The lowest BCUT2D eigenvalue weighted by atomic mass is 10.1. The highest BCUT2D eigenvalue weighted by molar-refractivity contribution is 6.75. The molecule has 0 unspecified atom stereocenters. The first kappa shape index (κ1) is 18.6. The highest BCUT2D eigenvalue weighted by Crippen LogP contribution is 2.12. The van der Waals surface area contributed by atoms with Crippen LogP contribution in [0.2, 0.25) is 0 Å². The summed E-state index contributed by atoms with van der Waals surface area (Å²) in [5.74, 6) is -0.359. The number of rotatable bonds is 9. The van der Waals surface area contributed by atoms with Crippen molar-refractivity contribution in [3.05, 3.63) is 42.0 Å². The second-order valence-electron chi connectivity index (χ2n) is 4.85. The Morgan fingerprint density at radius 3 is 2.27 bits per heavy atom. The monoisotopic (exact) mass is 324 g/mol. The van der Waals surface area contributed by atoms with Crippen molar-refractivity contribution in [3.8, 4) is 0 Å². The van der Waals surface area contributed by atoms with E-state index >= 15 is 0 Å². The Balaban J connectivity index is 2.76. The number of aryl methyl sites for hydroxylation is 1. The summed E-state index contributed by atoms with van der Waals surface area (Å²) in [6.45, 7) is 5.53. The number of ether oxygens (including phenoxy) is 1. The molecule has 1 aromatic carbocycles. The Labute approximate surface area is 133 Å². The average molecular weight is 324 g/mol. The molecule has 0 heterocycles. The summed E-state index contributed by atoms with van der Waals surface area (Å²) in [7, 11) is 1.90. The van der Waals surface area contributed by atoms with E-state index in [4.69, 9.17) is 18.0 Å². The number of benzene rings is 1. The van der Waals surface area contributed by atoms with Crippen LogP contribution < -0.4 is 5.19 Å². The Morgan fingerprint density at radius 1 is 1.14 bits per heavy atom. The fourth-order valence-corrected chi connectivity index (χ4v) is 4.23. The van der Waals surface area contributed by atoms with Crippen LogP contribution in [0.5, 0.6) is 0 Å². The van der Waals surface area contributed by atoms with E-state index in [0.717, 1.165) is 17.2 Å². The van der Waals surface area contributed by atoms with Crippen molar-refractivity contribution in [1.29, 1.82) is 0 Å². The second-order valence-corrected chi connectivity index (χ2v) is 7.72. The normalized spacial score (nSPS) is 11.3. The second kappa shape index (κ2) is 8.85. The molecule has 0 spiro atoms. The quantitative estimate of drug-likeness (QED) is 0.300. The minimum Gasteiger partial charge on any atom is -0.462 e. The molecule has 0 fully saturated rings. The zero-order valence-corrected chi connectivity index (χ0v) is 14.7. The molecule has 6 heteroatoms. The van der Waals surface area contributed by atoms with Gasteiger partial charge in [-0.3, -0.25) is 0 Å². The topological polar surface area (TPSA) is 54.0 Å². The van der Waals surface area contributed by atoms with Crippen LogP contribution in [0.1, 0.15) is 18.9 Å². The number of hydrogen-bond donors (Lipinski definition) is 0. The van der Waals surface area contributed by atoms with Gasteiger partial charge in [0.05, 0.1) is 6.61 Å². The zero-order valence-electron chi connectivity index (χ0n) is 13.7. The van der Waals surface area contributed by atoms with Crippen LogP contribution in [0.3, 0.4) is 0 Å². The van der Waals surface area contributed by atoms with Gasteiger partial charge >= 0.3 is 14.8 Å². The molecular weight excluding hydrogens is 300 g/mol. The van der Waals surface area contributed by atoms with Gasteiger partial charge in [0.15, 0.2) is 0 Å². The Kier molecular flexibility index (Phi) is 7.47. The van der Waals surface area contributed by atoms with Crippen LogP contribution in [0.25, 0.3) is 0 Å². The van der Waals surface area contributed by atoms with Crippen molar-refractivity contribution < 1.29 is 22.8 Å². The Hall–Kier alpha value is -1.47. The molecule has 0 aliphatic rings. The van der Waals surface area contributed by atoms with E-state index in [1.54, 1.807) is 28.3 Å². The lowest BCUT2D eigenvalue weighted by molar-refractivity contribution is -0.139. The lowest BCUT2D eigenvalue weighted by Gasteiger charge is -2.26. The van der Waals surface area contributed by atoms with E-state index in [2.05, 4.69) is 6.58 Å². The Bertz CT molecular complexity index is 503. The molecule has 0 N–H and O–H groups in total. The molecule has 0 aliphatic heterocycles. The molecule has 0 saturated heterocycles. The van der Waals surface area contributed by atoms with Crippen LogP contribution in [0.15, 0.2) is 36.4 Å². The fourth-order valence-electron chi connectivity index (χ4n) is 2.17. The van der Waals surface area contributed by atoms with Crippen molar-refractivity contribution in [1.82, 2.24) is 0 Å². The van der Waals surface area contributed by atoms with Crippen LogP contribution in [-0.4, -0.2) is 42.7 Å². The molecule has 0 atom stereocenters. The summed E-state index contributed by atoms with van der Waals surface area (Å²) in [6, 6.07) is 7.85. The maximum absolute atomic E-state index is 11.3. The van der Waals surface area contributed by atoms with Gasteiger partial charge in [0.1, 0.15) is 0 Å². The molecule has 22 heavy (non-hydrogen) atoms. The first-order valence-electron chi connectivity index (χ1n) is 7.07. The summed E-state index contributed by atoms with van der Waals surface area (Å²) in [5.41, 5.74) is 1.48. The van der Waals surface area contributed by atoms with Crippen LogP contribution in [0, 0.1) is 0 Å². The highest BCUT2D eigenvalue weighted by Gasteiger charge is 2.42. The lowest BCUT2D eigenvalue weighted by Crippen LogP contribution is -2.56. The van der Waals surface area contributed by atoms with Crippen molar-refractivity contribution in [2.45, 2.75) is 19.8 Å². The van der Waals surface area contributed by atoms with E-state index in [-0.39, 0.29) is 5.97 Å². The van der Waals surface area contributed by atoms with Gasteiger partial charge < -0.3 is 18.0 Å². The smallest absolute Gasteiger partial charge is 0.462 e. The maximum atomic E-state index is 11.3. The van der Waals surface area contributed by atoms with Gasteiger partial charge in [-0.15, -0.1) is 0 Å². The van der Waals surface area contributed by atoms with Gasteiger partial charge in [-0.25, -0.2) is 4.79 Å². The van der Waals surface area contributed by atoms with Gasteiger partial charge in [0, 0.05) is 32.1 Å². The molecule has 1 aromatic rings. The summed E-state index contributed by atoms with van der Waals surface area (Å²) >= 11 is 0. The molecule has 1 rings (SSSR count). The highest BCUT2D eigenvalue weighted by atomic mass is 28.4. The van der Waals surface area contributed by atoms with Crippen molar-refractivity contribution in [3.63, 3.8) is 0 Å². The van der Waals surface area contributed by atoms with E-state index in [0.29, 0.717) is 18.6 Å². The number of carbonyl (C=O) groups excluding carboxylic acids is 1. The van der Waals surface area contributed by atoms with E-state index in [1.807, 2.05) is 24.3 Å². The first-order chi connectivity index (χ1) is 10.5. The summed E-state index contributed by atoms with van der Waals surface area (Å²) in [4.78, 5) is 11.3. The molecule has 0 saturated carbocycles. The summed E-state index contributed by atoms with van der Waals surface area (Å²) < 4.78 is 21.7. The van der Waals surface area contributed by atoms with Crippen molar-refractivity contribution >= 4 is 20.0 Å². The van der Waals surface area contributed by atoms with Gasteiger partial charge in [0.2, 0.25) is 0 Å². The molecule has 122 valence electrons. The third-order valence-corrected chi connectivity index (χ3v) is 6.09. The Morgan fingerprint density at radius 2 is 1.73 bits per heavy atom. The standard InChI is InChI=1S/C16H24O5Si/c1-13(2)16(17)21-12-8-10-14-9-6-7-11-15(14)22(18-3,19-4)20-5/h6-7,9,11H,1,8,10,12H2,2-5H3. The molecule has 0 aliphatic carbocycles. The molecular formula is C16H24O5Si. The summed E-state index contributed by atoms with van der Waals surface area (Å²) in [6.07, 6.45) is 1.45. The number of esters is 1. The largest absolute Gasteiger partial charge is 0.536 e. The van der Waals surface area contributed by atoms with Crippen LogP contribution >= 0.6 is 0 Å². The van der Waals surface area contributed by atoms with E-state index in [1.165, 1.54) is 0 Å². The predicted molar refractivity (Wildman–Crippen MR) is 87.0 cm³/mol. The van der Waals surface area contributed by atoms with Gasteiger partial charge in [-0.2, -0.15) is 0 Å². The van der Waals surface area contributed by atoms with Crippen LogP contribution in [-0.2, 0) is 29.2 Å². The number of carbonyl (C=O) groups is 1. The maximum Gasteiger partial charge on any atom is 0.536 e. The number of hydrogen-bond acceptors (Lipinski definition) is 5. The zero-order chi connectivity index (χ0) is 16.6. The van der Waals surface area contributed by atoms with E-state index in [9.17, 15) is 4.79 Å². The summed E-state index contributed by atoms with van der Waals surface area (Å²) in [5, 5.41) is 0.939. The van der Waals surface area contributed by atoms with Gasteiger partial charge in [-0.1, -0.05) is 30.8 Å². The van der Waals surface area contributed by atoms with Crippen LogP contribution in [0.4, 0.5) is 0 Å². The fraction of sp³-hybridized carbons (Fsp3) is 0.438. The van der Waals surface area contributed by atoms with E-state index < -0.39 is 8.80 Å². The third kappa shape index (κ3) is 4.51. The molecule has 5 nitrogen and oxygen atoms in total. The average Bonchev–Trinajstić information content (AvgIpc) is 2.54. The predicted octanol–water partition coefficient (Wildman–Crippen LogP) is 1.82. The molecule has 0 radical (unpaired) electrons. The minimum absolute atomic E-state index is 0.349. The molecule has 0 bridgehead atoms. The SMILES string of the molecule is C=C(C)C(=O)OCCCc1ccccc1[Si](OC)(OC)OC. The third-order valence-electron chi connectivity index (χ3n) is 3.33. The van der Waals surface area contributed by atoms with Crippen molar-refractivity contribution in [2.75, 3.05) is 27.9 Å². The molecule has 0 amide bonds. The minimum atomic E-state index is -2.86. The van der Waals surface area contributed by atoms with Gasteiger partial charge in [-0.05, 0) is 25.3 Å².